The van der Waals surface area contributed by atoms with E-state index >= 15 is 0 Å². The van der Waals surface area contributed by atoms with Crippen molar-refractivity contribution in [2.45, 2.75) is 0 Å². The summed E-state index contributed by atoms with van der Waals surface area (Å²) in [7, 11) is -2.92. The van der Waals surface area contributed by atoms with E-state index in [2.05, 4.69) is 9.71 Å². The predicted molar refractivity (Wildman–Crippen MR) is 44.6 cm³/mol. The molecule has 0 saturated heterocycles. The molecule has 1 rings (SSSR count). The van der Waals surface area contributed by atoms with Crippen LogP contribution in [0, 0.1) is 10.6 Å². The van der Waals surface area contributed by atoms with E-state index in [-0.39, 0.29) is 5.69 Å². The monoisotopic (exact) mass is 189 g/mol. The second kappa shape index (κ2) is 3.06. The van der Waals surface area contributed by atoms with Crippen LogP contribution in [0.1, 0.15) is 0 Å². The van der Waals surface area contributed by atoms with Crippen LogP contribution in [0.5, 0.6) is 0 Å². The van der Waals surface area contributed by atoms with Gasteiger partial charge < -0.3 is 0 Å². The summed E-state index contributed by atoms with van der Waals surface area (Å²) in [4.78, 5) is 3.51. The Kier molecular flexibility index (Phi) is 2.27. The van der Waals surface area contributed by atoms with Gasteiger partial charge in [0.1, 0.15) is 9.92 Å². The maximum Gasteiger partial charge on any atom is 0.165 e. The standard InChI is InChI=1S/C6H8FN3OS/c1-12(8,11)10-6-2-3-9-4-5(6)7/h2-4H,1H3,(H2,8,9,10,11). The van der Waals surface area contributed by atoms with Crippen LogP contribution in [0.15, 0.2) is 18.5 Å². The van der Waals surface area contributed by atoms with E-state index in [0.29, 0.717) is 0 Å². The van der Waals surface area contributed by atoms with Gasteiger partial charge >= 0.3 is 0 Å². The summed E-state index contributed by atoms with van der Waals surface area (Å²) in [6, 6.07) is 1.33. The number of aromatic nitrogens is 1. The Balaban J connectivity index is 2.98. The van der Waals surface area contributed by atoms with Crippen molar-refractivity contribution in [3.8, 4) is 0 Å². The third kappa shape index (κ3) is 2.46. The maximum atomic E-state index is 12.8. The van der Waals surface area contributed by atoms with Gasteiger partial charge in [0, 0.05) is 12.5 Å². The van der Waals surface area contributed by atoms with E-state index in [1.165, 1.54) is 18.5 Å². The van der Waals surface area contributed by atoms with E-state index in [1.54, 1.807) is 0 Å². The van der Waals surface area contributed by atoms with Gasteiger partial charge in [0.05, 0.1) is 11.9 Å². The Morgan fingerprint density at radius 2 is 2.42 bits per heavy atom. The first kappa shape index (κ1) is 8.92. The van der Waals surface area contributed by atoms with E-state index in [9.17, 15) is 8.60 Å². The first-order chi connectivity index (χ1) is 5.49. The largest absolute Gasteiger partial charge is 0.296 e. The fourth-order valence-electron chi connectivity index (χ4n) is 0.668. The molecule has 0 aliphatic rings. The second-order valence-electron chi connectivity index (χ2n) is 2.30. The molecule has 66 valence electrons. The van der Waals surface area contributed by atoms with E-state index in [0.717, 1.165) is 6.20 Å². The number of hydrogen-bond acceptors (Lipinski definition) is 3. The number of rotatable bonds is 2. The zero-order chi connectivity index (χ0) is 9.19. The Morgan fingerprint density at radius 3 is 2.92 bits per heavy atom. The normalized spacial score (nSPS) is 15.2. The third-order valence-corrected chi connectivity index (χ3v) is 1.69. The third-order valence-electron chi connectivity index (χ3n) is 1.08. The van der Waals surface area contributed by atoms with Crippen LogP contribution in [0.4, 0.5) is 10.1 Å². The fourth-order valence-corrected chi connectivity index (χ4v) is 1.25. The molecule has 1 aromatic heterocycles. The quantitative estimate of drug-likeness (QED) is 0.734. The zero-order valence-electron chi connectivity index (χ0n) is 6.37. The van der Waals surface area contributed by atoms with Crippen molar-refractivity contribution in [3.63, 3.8) is 0 Å². The van der Waals surface area contributed by atoms with Crippen LogP contribution in [0.25, 0.3) is 0 Å². The number of nitrogens with one attached hydrogen (secondary N) is 2. The molecule has 0 radical (unpaired) electrons. The first-order valence-electron chi connectivity index (χ1n) is 3.10. The highest BCUT2D eigenvalue weighted by atomic mass is 32.2. The Bertz CT molecular complexity index is 376. The molecule has 6 heteroatoms. The van der Waals surface area contributed by atoms with Gasteiger partial charge in [-0.15, -0.1) is 0 Å². The highest BCUT2D eigenvalue weighted by molar-refractivity contribution is 7.93. The average Bonchev–Trinajstić information content (AvgIpc) is 1.91. The average molecular weight is 189 g/mol. The van der Waals surface area contributed by atoms with Crippen molar-refractivity contribution in [1.82, 2.24) is 4.98 Å². The van der Waals surface area contributed by atoms with Crippen LogP contribution in [0.3, 0.4) is 0 Å². The van der Waals surface area contributed by atoms with Gasteiger partial charge in [0.2, 0.25) is 0 Å². The highest BCUT2D eigenvalue weighted by Crippen LogP contribution is 2.11. The van der Waals surface area contributed by atoms with Crippen molar-refractivity contribution in [2.24, 2.45) is 0 Å². The lowest BCUT2D eigenvalue weighted by molar-refractivity contribution is 0.625. The summed E-state index contributed by atoms with van der Waals surface area (Å²) < 4.78 is 32.9. The summed E-state index contributed by atoms with van der Waals surface area (Å²) >= 11 is 0. The minimum absolute atomic E-state index is 0.0347. The van der Waals surface area contributed by atoms with Crippen molar-refractivity contribution < 1.29 is 8.60 Å². The molecule has 0 bridgehead atoms. The lowest BCUT2D eigenvalue weighted by Crippen LogP contribution is -2.09. The number of nitrogens with zero attached hydrogens (tertiary/aromatic N) is 1. The maximum absolute atomic E-state index is 12.8. The molecular formula is C6H8FN3OS. The van der Waals surface area contributed by atoms with E-state index < -0.39 is 15.7 Å². The van der Waals surface area contributed by atoms with Gasteiger partial charge in [0.25, 0.3) is 0 Å². The fraction of sp³-hybridized carbons (Fsp3) is 0.167. The Hall–Kier alpha value is -1.17. The highest BCUT2D eigenvalue weighted by Gasteiger charge is 2.03. The SMILES string of the molecule is CS(=N)(=O)Nc1ccncc1F. The van der Waals surface area contributed by atoms with Crippen LogP contribution in [0.2, 0.25) is 0 Å². The summed E-state index contributed by atoms with van der Waals surface area (Å²) in [6.45, 7) is 0. The number of anilines is 1. The minimum Gasteiger partial charge on any atom is -0.296 e. The molecule has 0 aliphatic heterocycles. The summed E-state index contributed by atoms with van der Waals surface area (Å²) in [5, 5.41) is 0. The molecule has 0 aromatic carbocycles. The summed E-state index contributed by atoms with van der Waals surface area (Å²) in [5.41, 5.74) is 0.0347. The van der Waals surface area contributed by atoms with Crippen LogP contribution < -0.4 is 4.72 Å². The van der Waals surface area contributed by atoms with Gasteiger partial charge in [-0.1, -0.05) is 0 Å². The van der Waals surface area contributed by atoms with Gasteiger partial charge in [-0.2, -0.15) is 0 Å². The van der Waals surface area contributed by atoms with Crippen molar-refractivity contribution in [2.75, 3.05) is 11.0 Å². The number of pyridine rings is 1. The molecule has 1 aromatic rings. The second-order valence-corrected chi connectivity index (χ2v) is 4.19. The van der Waals surface area contributed by atoms with Gasteiger partial charge in [-0.3, -0.25) is 9.71 Å². The van der Waals surface area contributed by atoms with E-state index in [4.69, 9.17) is 4.78 Å². The molecule has 1 unspecified atom stereocenters. The topological polar surface area (TPSA) is 65.8 Å². The van der Waals surface area contributed by atoms with Gasteiger partial charge in [0.15, 0.2) is 5.82 Å². The molecule has 0 saturated carbocycles. The molecular weight excluding hydrogens is 181 g/mol. The molecule has 2 N–H and O–H groups in total. The van der Waals surface area contributed by atoms with Crippen molar-refractivity contribution in [3.05, 3.63) is 24.3 Å². The molecule has 0 spiro atoms. The Labute approximate surface area is 69.9 Å². The molecule has 4 nitrogen and oxygen atoms in total. The van der Waals surface area contributed by atoms with Crippen molar-refractivity contribution in [1.29, 1.82) is 4.78 Å². The number of hydrogen-bond donors (Lipinski definition) is 2. The predicted octanol–water partition coefficient (Wildman–Crippen LogP) is 1.22. The Morgan fingerprint density at radius 1 is 1.75 bits per heavy atom. The van der Waals surface area contributed by atoms with Crippen molar-refractivity contribution >= 4 is 15.6 Å². The van der Waals surface area contributed by atoms with E-state index in [1.807, 2.05) is 0 Å². The minimum atomic E-state index is -2.92. The lowest BCUT2D eigenvalue weighted by atomic mass is 10.4. The molecule has 1 heterocycles. The molecule has 0 aliphatic carbocycles. The van der Waals surface area contributed by atoms with Crippen LogP contribution in [-0.4, -0.2) is 15.4 Å². The van der Waals surface area contributed by atoms with Gasteiger partial charge in [-0.25, -0.2) is 13.4 Å². The van der Waals surface area contributed by atoms with Crippen LogP contribution >= 0.6 is 0 Å². The molecule has 0 amide bonds. The smallest absolute Gasteiger partial charge is 0.165 e. The lowest BCUT2D eigenvalue weighted by Gasteiger charge is -2.05. The van der Waals surface area contributed by atoms with Crippen LogP contribution in [-0.2, 0) is 9.92 Å². The summed E-state index contributed by atoms with van der Waals surface area (Å²) in [6.07, 6.45) is 3.52. The van der Waals surface area contributed by atoms with Gasteiger partial charge in [-0.05, 0) is 6.07 Å². The molecule has 1 atom stereocenters. The molecule has 0 fully saturated rings. The summed E-state index contributed by atoms with van der Waals surface area (Å²) in [5.74, 6) is -0.612. The zero-order valence-corrected chi connectivity index (χ0v) is 7.19. The first-order valence-corrected chi connectivity index (χ1v) is 5.07. The molecule has 12 heavy (non-hydrogen) atoms. The number of halogens is 1.